The van der Waals surface area contributed by atoms with Gasteiger partial charge >= 0.3 is 0 Å². The largest absolute Gasteiger partial charge is 0.357 e. The quantitative estimate of drug-likeness (QED) is 0.710. The molecule has 9 heteroatoms. The lowest BCUT2D eigenvalue weighted by molar-refractivity contribution is -0.128. The maximum Gasteiger partial charge on any atom is 0.251 e. The molecule has 0 spiro atoms. The normalized spacial score (nSPS) is 11.4. The van der Waals surface area contributed by atoms with E-state index in [1.165, 1.54) is 25.2 Å². The molecular formula is C18H16F3N3O3. The molecule has 0 saturated carbocycles. The summed E-state index contributed by atoms with van der Waals surface area (Å²) in [6, 6.07) is 6.37. The van der Waals surface area contributed by atoms with Crippen molar-refractivity contribution in [2.45, 2.75) is 6.04 Å². The number of amides is 3. The van der Waals surface area contributed by atoms with Crippen LogP contribution in [-0.2, 0) is 9.59 Å². The number of benzene rings is 2. The molecule has 27 heavy (non-hydrogen) atoms. The zero-order valence-corrected chi connectivity index (χ0v) is 14.2. The van der Waals surface area contributed by atoms with Gasteiger partial charge in [0.05, 0.1) is 6.54 Å². The van der Waals surface area contributed by atoms with Crippen molar-refractivity contribution >= 4 is 17.7 Å². The van der Waals surface area contributed by atoms with Crippen LogP contribution in [0.15, 0.2) is 42.5 Å². The summed E-state index contributed by atoms with van der Waals surface area (Å²) in [5.41, 5.74) is 0.0457. The average molecular weight is 379 g/mol. The highest BCUT2D eigenvalue weighted by atomic mass is 19.2. The zero-order chi connectivity index (χ0) is 20.0. The second-order valence-corrected chi connectivity index (χ2v) is 5.48. The molecule has 0 aromatic heterocycles. The molecule has 3 amide bonds. The maximum atomic E-state index is 13.4. The average Bonchev–Trinajstić information content (AvgIpc) is 2.65. The molecule has 0 saturated heterocycles. The van der Waals surface area contributed by atoms with Crippen LogP contribution in [0.5, 0.6) is 0 Å². The third kappa shape index (κ3) is 5.30. The molecule has 1 unspecified atom stereocenters. The number of hydrogen-bond donors (Lipinski definition) is 3. The highest BCUT2D eigenvalue weighted by molar-refractivity contribution is 5.97. The molecule has 2 aromatic carbocycles. The second-order valence-electron chi connectivity index (χ2n) is 5.48. The Kier molecular flexibility index (Phi) is 6.53. The van der Waals surface area contributed by atoms with Crippen LogP contribution < -0.4 is 16.0 Å². The third-order valence-electron chi connectivity index (χ3n) is 3.59. The summed E-state index contributed by atoms with van der Waals surface area (Å²) in [5.74, 6) is -4.97. The first-order chi connectivity index (χ1) is 12.8. The van der Waals surface area contributed by atoms with Crippen molar-refractivity contribution in [3.8, 4) is 0 Å². The summed E-state index contributed by atoms with van der Waals surface area (Å²) >= 11 is 0. The fourth-order valence-electron chi connectivity index (χ4n) is 2.24. The predicted molar refractivity (Wildman–Crippen MR) is 90.0 cm³/mol. The lowest BCUT2D eigenvalue weighted by Gasteiger charge is -2.18. The van der Waals surface area contributed by atoms with E-state index in [0.717, 1.165) is 24.3 Å². The minimum Gasteiger partial charge on any atom is -0.357 e. The summed E-state index contributed by atoms with van der Waals surface area (Å²) < 4.78 is 39.6. The van der Waals surface area contributed by atoms with Crippen LogP contribution in [0, 0.1) is 17.5 Å². The van der Waals surface area contributed by atoms with Gasteiger partial charge in [-0.3, -0.25) is 14.4 Å². The maximum absolute atomic E-state index is 13.4. The van der Waals surface area contributed by atoms with E-state index < -0.39 is 47.8 Å². The van der Waals surface area contributed by atoms with Crippen molar-refractivity contribution in [1.82, 2.24) is 16.0 Å². The molecule has 0 radical (unpaired) electrons. The van der Waals surface area contributed by atoms with Gasteiger partial charge in [-0.1, -0.05) is 12.1 Å². The summed E-state index contributed by atoms with van der Waals surface area (Å²) in [6.45, 7) is -0.507. The molecule has 3 N–H and O–H groups in total. The van der Waals surface area contributed by atoms with Crippen LogP contribution in [-0.4, -0.2) is 31.3 Å². The SMILES string of the molecule is CNC(=O)C(NC(=O)CNC(=O)c1cccc(F)c1)c1ccc(F)c(F)c1. The molecule has 6 nitrogen and oxygen atoms in total. The molecule has 142 valence electrons. The molecule has 1 atom stereocenters. The standard InChI is InChI=1S/C18H16F3N3O3/c1-22-18(27)16(10-5-6-13(20)14(21)8-10)24-15(25)9-23-17(26)11-3-2-4-12(19)7-11/h2-8,16H,9H2,1H3,(H,22,27)(H,23,26)(H,24,25). The Balaban J connectivity index is 2.04. The van der Waals surface area contributed by atoms with E-state index in [2.05, 4.69) is 16.0 Å². The summed E-state index contributed by atoms with van der Waals surface area (Å²) in [4.78, 5) is 35.9. The van der Waals surface area contributed by atoms with Crippen LogP contribution in [0.4, 0.5) is 13.2 Å². The molecule has 0 aliphatic rings. The monoisotopic (exact) mass is 379 g/mol. The Labute approximate surface area is 152 Å². The van der Waals surface area contributed by atoms with Crippen molar-refractivity contribution in [2.24, 2.45) is 0 Å². The van der Waals surface area contributed by atoms with Crippen molar-refractivity contribution < 1.29 is 27.6 Å². The number of hydrogen-bond acceptors (Lipinski definition) is 3. The van der Waals surface area contributed by atoms with Gasteiger partial charge in [0.15, 0.2) is 11.6 Å². The van der Waals surface area contributed by atoms with Gasteiger partial charge in [-0.2, -0.15) is 0 Å². The minimum atomic E-state index is -1.29. The molecule has 0 fully saturated rings. The number of carbonyl (C=O) groups excluding carboxylic acids is 3. The molecule has 2 rings (SSSR count). The Morgan fingerprint density at radius 3 is 2.37 bits per heavy atom. The summed E-state index contributed by atoms with van der Waals surface area (Å²) in [5, 5.41) is 6.90. The van der Waals surface area contributed by atoms with E-state index >= 15 is 0 Å². The van der Waals surface area contributed by atoms with Gasteiger partial charge in [0.1, 0.15) is 11.9 Å². The number of likely N-dealkylation sites (N-methyl/N-ethyl adjacent to an activating group) is 1. The number of rotatable bonds is 6. The van der Waals surface area contributed by atoms with Crippen molar-refractivity contribution in [3.05, 3.63) is 71.0 Å². The first kappa shape index (κ1) is 20.0. The van der Waals surface area contributed by atoms with Gasteiger partial charge < -0.3 is 16.0 Å². The van der Waals surface area contributed by atoms with Crippen LogP contribution in [0.2, 0.25) is 0 Å². The lowest BCUT2D eigenvalue weighted by atomic mass is 10.1. The Morgan fingerprint density at radius 1 is 1.00 bits per heavy atom. The second kappa shape index (κ2) is 8.84. The van der Waals surface area contributed by atoms with Crippen LogP contribution in [0.25, 0.3) is 0 Å². The van der Waals surface area contributed by atoms with Gasteiger partial charge in [0, 0.05) is 12.6 Å². The topological polar surface area (TPSA) is 87.3 Å². The number of nitrogens with one attached hydrogen (secondary N) is 3. The van der Waals surface area contributed by atoms with E-state index in [-0.39, 0.29) is 11.1 Å². The summed E-state index contributed by atoms with van der Waals surface area (Å²) in [7, 11) is 1.31. The molecule has 0 heterocycles. The molecule has 0 aliphatic heterocycles. The Morgan fingerprint density at radius 2 is 1.74 bits per heavy atom. The molecule has 0 bridgehead atoms. The van der Waals surface area contributed by atoms with Crippen LogP contribution in [0.3, 0.4) is 0 Å². The van der Waals surface area contributed by atoms with E-state index in [9.17, 15) is 27.6 Å². The first-order valence-corrected chi connectivity index (χ1v) is 7.81. The highest BCUT2D eigenvalue weighted by Gasteiger charge is 2.23. The van der Waals surface area contributed by atoms with E-state index in [1.807, 2.05) is 0 Å². The van der Waals surface area contributed by atoms with Crippen LogP contribution in [0.1, 0.15) is 22.0 Å². The molecular weight excluding hydrogens is 363 g/mol. The van der Waals surface area contributed by atoms with Crippen molar-refractivity contribution in [2.75, 3.05) is 13.6 Å². The Hall–Kier alpha value is -3.36. The number of carbonyl (C=O) groups is 3. The fraction of sp³-hybridized carbons (Fsp3) is 0.167. The van der Waals surface area contributed by atoms with E-state index in [4.69, 9.17) is 0 Å². The predicted octanol–water partition coefficient (Wildman–Crippen LogP) is 1.44. The zero-order valence-electron chi connectivity index (χ0n) is 14.2. The van der Waals surface area contributed by atoms with Gasteiger partial charge in [-0.05, 0) is 35.9 Å². The fourth-order valence-corrected chi connectivity index (χ4v) is 2.24. The molecule has 0 aliphatic carbocycles. The van der Waals surface area contributed by atoms with Crippen molar-refractivity contribution in [3.63, 3.8) is 0 Å². The summed E-state index contributed by atoms with van der Waals surface area (Å²) in [6.07, 6.45) is 0. The van der Waals surface area contributed by atoms with Gasteiger partial charge in [-0.25, -0.2) is 13.2 Å². The van der Waals surface area contributed by atoms with Gasteiger partial charge in [0.2, 0.25) is 11.8 Å². The number of halogens is 3. The van der Waals surface area contributed by atoms with E-state index in [0.29, 0.717) is 0 Å². The van der Waals surface area contributed by atoms with Gasteiger partial charge in [-0.15, -0.1) is 0 Å². The Bertz CT molecular complexity index is 874. The minimum absolute atomic E-state index is 0.0197. The van der Waals surface area contributed by atoms with Crippen molar-refractivity contribution in [1.29, 1.82) is 0 Å². The smallest absolute Gasteiger partial charge is 0.251 e. The first-order valence-electron chi connectivity index (χ1n) is 7.81. The third-order valence-corrected chi connectivity index (χ3v) is 3.59. The van der Waals surface area contributed by atoms with E-state index in [1.54, 1.807) is 0 Å². The van der Waals surface area contributed by atoms with Gasteiger partial charge in [0.25, 0.3) is 5.91 Å². The lowest BCUT2D eigenvalue weighted by Crippen LogP contribution is -2.43. The van der Waals surface area contributed by atoms with Crippen LogP contribution >= 0.6 is 0 Å². The highest BCUT2D eigenvalue weighted by Crippen LogP contribution is 2.16. The molecule has 2 aromatic rings.